The van der Waals surface area contributed by atoms with Gasteiger partial charge in [0.25, 0.3) is 0 Å². The summed E-state index contributed by atoms with van der Waals surface area (Å²) >= 11 is 1.68. The summed E-state index contributed by atoms with van der Waals surface area (Å²) < 4.78 is 7.52. The first-order valence-corrected chi connectivity index (χ1v) is 16.6. The Balaban J connectivity index is 1.13. The first-order valence-electron chi connectivity index (χ1n) is 15.8. The Morgan fingerprint density at radius 1 is 0.417 bits per heavy atom. The highest BCUT2D eigenvalue weighted by Gasteiger charge is 2.18. The molecule has 10 rings (SSSR count). The fraction of sp³-hybridized carbons (Fsp3) is 0. The van der Waals surface area contributed by atoms with E-state index >= 15 is 0 Å². The van der Waals surface area contributed by atoms with Crippen LogP contribution >= 0.6 is 11.3 Å². The Bertz CT molecular complexity index is 2780. The van der Waals surface area contributed by atoms with Gasteiger partial charge in [-0.15, -0.1) is 11.3 Å². The summed E-state index contributed by atoms with van der Waals surface area (Å²) in [5.41, 5.74) is 6.46. The minimum Gasteiger partial charge on any atom is -0.456 e. The molecule has 5 nitrogen and oxygen atoms in total. The fourth-order valence-corrected chi connectivity index (χ4v) is 7.58. The van der Waals surface area contributed by atoms with Crippen molar-refractivity contribution in [3.8, 4) is 44.7 Å². The van der Waals surface area contributed by atoms with E-state index in [1.165, 1.54) is 16.2 Å². The molecule has 0 aliphatic rings. The predicted octanol–water partition coefficient (Wildman–Crippen LogP) is 11.4. The number of furan rings is 1. The number of rotatable bonds is 4. The van der Waals surface area contributed by atoms with E-state index in [4.69, 9.17) is 24.4 Å². The maximum absolute atomic E-state index is 6.41. The Labute approximate surface area is 278 Å². The molecule has 0 saturated carbocycles. The molecule has 0 saturated heterocycles. The van der Waals surface area contributed by atoms with Crippen LogP contribution in [0.2, 0.25) is 0 Å². The van der Waals surface area contributed by atoms with Crippen molar-refractivity contribution in [3.05, 3.63) is 146 Å². The average Bonchev–Trinajstić information content (AvgIpc) is 3.76. The third kappa shape index (κ3) is 4.38. The molecular weight excluding hydrogens is 609 g/mol. The van der Waals surface area contributed by atoms with Gasteiger partial charge in [0.1, 0.15) is 16.2 Å². The Hall–Kier alpha value is -6.24. The van der Waals surface area contributed by atoms with Gasteiger partial charge in [0.15, 0.2) is 17.5 Å². The van der Waals surface area contributed by atoms with Crippen LogP contribution in [-0.4, -0.2) is 19.9 Å². The van der Waals surface area contributed by atoms with Crippen LogP contribution in [0, 0.1) is 0 Å². The van der Waals surface area contributed by atoms with Gasteiger partial charge < -0.3 is 4.42 Å². The lowest BCUT2D eigenvalue weighted by Crippen LogP contribution is -2.00. The smallest absolute Gasteiger partial charge is 0.164 e. The summed E-state index contributed by atoms with van der Waals surface area (Å²) in [7, 11) is 0. The fourth-order valence-electron chi connectivity index (χ4n) is 6.61. The molecule has 0 spiro atoms. The molecule has 0 aliphatic carbocycles. The monoisotopic (exact) mass is 632 g/mol. The minimum atomic E-state index is 0.619. The molecule has 0 atom stereocenters. The van der Waals surface area contributed by atoms with Crippen molar-refractivity contribution in [1.82, 2.24) is 19.9 Å². The van der Waals surface area contributed by atoms with E-state index in [0.717, 1.165) is 64.8 Å². The molecule has 10 aromatic rings. The van der Waals surface area contributed by atoms with Gasteiger partial charge in [0.2, 0.25) is 0 Å². The van der Waals surface area contributed by atoms with Gasteiger partial charge in [0, 0.05) is 27.6 Å². The highest BCUT2D eigenvalue weighted by Crippen LogP contribution is 2.41. The van der Waals surface area contributed by atoms with E-state index in [1.807, 2.05) is 72.8 Å². The van der Waals surface area contributed by atoms with Gasteiger partial charge in [-0.25, -0.2) is 19.9 Å². The van der Waals surface area contributed by atoms with E-state index in [-0.39, 0.29) is 0 Å². The standard InChI is InChI=1S/C42H24N4OS/c1-3-11-26(12-4-1)39-44-40(27-13-5-2-6-14-27)46-41(45-39)29-15-9-16-30(22-29)42-43-38-36(48-42)21-20-34-37(38)33-24-32-28(23-35(33)47-34)19-18-25-10-7-8-17-31(25)32/h1-24H. The van der Waals surface area contributed by atoms with Crippen LogP contribution in [0.3, 0.4) is 0 Å². The Kier molecular flexibility index (Phi) is 5.98. The Morgan fingerprint density at radius 2 is 1.06 bits per heavy atom. The summed E-state index contributed by atoms with van der Waals surface area (Å²) in [5.74, 6) is 1.90. The van der Waals surface area contributed by atoms with Gasteiger partial charge in [-0.2, -0.15) is 0 Å². The lowest BCUT2D eigenvalue weighted by atomic mass is 10.00. The van der Waals surface area contributed by atoms with Crippen molar-refractivity contribution >= 4 is 65.0 Å². The molecule has 0 radical (unpaired) electrons. The molecule has 7 aromatic carbocycles. The van der Waals surface area contributed by atoms with Crippen molar-refractivity contribution in [1.29, 1.82) is 0 Å². The van der Waals surface area contributed by atoms with E-state index in [2.05, 4.69) is 72.8 Å². The molecule has 0 N–H and O–H groups in total. The molecule has 0 bridgehead atoms. The SMILES string of the molecule is c1ccc(-c2nc(-c3ccccc3)nc(-c3cccc(-c4nc5c(ccc6oc7cc8ccc9ccccc9c8cc7c65)s4)c3)n2)cc1. The summed E-state index contributed by atoms with van der Waals surface area (Å²) in [4.78, 5) is 20.0. The zero-order valence-electron chi connectivity index (χ0n) is 25.5. The zero-order valence-corrected chi connectivity index (χ0v) is 26.3. The number of benzene rings is 7. The lowest BCUT2D eigenvalue weighted by Gasteiger charge is -2.09. The molecule has 3 heterocycles. The second-order valence-electron chi connectivity index (χ2n) is 11.9. The molecule has 224 valence electrons. The molecular formula is C42H24N4OS. The maximum Gasteiger partial charge on any atom is 0.164 e. The summed E-state index contributed by atoms with van der Waals surface area (Å²) in [6, 6.07) is 49.9. The second kappa shape index (κ2) is 10.7. The predicted molar refractivity (Wildman–Crippen MR) is 197 cm³/mol. The van der Waals surface area contributed by atoms with Crippen LogP contribution in [0.25, 0.3) is 98.4 Å². The van der Waals surface area contributed by atoms with Gasteiger partial charge in [-0.1, -0.05) is 115 Å². The number of fused-ring (bicyclic) bond motifs is 8. The second-order valence-corrected chi connectivity index (χ2v) is 12.9. The third-order valence-electron chi connectivity index (χ3n) is 8.92. The van der Waals surface area contributed by atoms with E-state index in [9.17, 15) is 0 Å². The number of aromatic nitrogens is 4. The van der Waals surface area contributed by atoms with Crippen LogP contribution in [0.15, 0.2) is 150 Å². The number of hydrogen-bond acceptors (Lipinski definition) is 6. The van der Waals surface area contributed by atoms with Crippen LogP contribution in [0.5, 0.6) is 0 Å². The summed E-state index contributed by atoms with van der Waals surface area (Å²) in [5, 5.41) is 7.90. The van der Waals surface area contributed by atoms with Crippen molar-refractivity contribution < 1.29 is 4.42 Å². The molecule has 3 aromatic heterocycles. The summed E-state index contributed by atoms with van der Waals surface area (Å²) in [6.07, 6.45) is 0. The summed E-state index contributed by atoms with van der Waals surface area (Å²) in [6.45, 7) is 0. The molecule has 0 aliphatic heterocycles. The highest BCUT2D eigenvalue weighted by molar-refractivity contribution is 7.21. The van der Waals surface area contributed by atoms with Crippen molar-refractivity contribution in [2.45, 2.75) is 0 Å². The van der Waals surface area contributed by atoms with Crippen molar-refractivity contribution in [2.24, 2.45) is 0 Å². The van der Waals surface area contributed by atoms with Crippen LogP contribution in [0.1, 0.15) is 0 Å². The maximum atomic E-state index is 6.41. The minimum absolute atomic E-state index is 0.619. The normalized spacial score (nSPS) is 11.8. The van der Waals surface area contributed by atoms with Crippen molar-refractivity contribution in [2.75, 3.05) is 0 Å². The van der Waals surface area contributed by atoms with Gasteiger partial charge in [-0.05, 0) is 51.9 Å². The van der Waals surface area contributed by atoms with E-state index in [0.29, 0.717) is 17.5 Å². The molecule has 48 heavy (non-hydrogen) atoms. The van der Waals surface area contributed by atoms with Crippen LogP contribution in [0.4, 0.5) is 0 Å². The van der Waals surface area contributed by atoms with Gasteiger partial charge >= 0.3 is 0 Å². The molecule has 0 unspecified atom stereocenters. The lowest BCUT2D eigenvalue weighted by molar-refractivity contribution is 0.670. The first-order chi connectivity index (χ1) is 23.7. The molecule has 0 amide bonds. The highest BCUT2D eigenvalue weighted by atomic mass is 32.1. The number of hydrogen-bond donors (Lipinski definition) is 0. The van der Waals surface area contributed by atoms with E-state index in [1.54, 1.807) is 11.3 Å². The largest absolute Gasteiger partial charge is 0.456 e. The van der Waals surface area contributed by atoms with Crippen LogP contribution in [-0.2, 0) is 0 Å². The average molecular weight is 633 g/mol. The quantitative estimate of drug-likeness (QED) is 0.181. The van der Waals surface area contributed by atoms with Crippen molar-refractivity contribution in [3.63, 3.8) is 0 Å². The van der Waals surface area contributed by atoms with Gasteiger partial charge in [-0.3, -0.25) is 0 Å². The Morgan fingerprint density at radius 3 is 1.83 bits per heavy atom. The first kappa shape index (κ1) is 26.9. The topological polar surface area (TPSA) is 64.7 Å². The third-order valence-corrected chi connectivity index (χ3v) is 9.99. The molecule has 6 heteroatoms. The van der Waals surface area contributed by atoms with Gasteiger partial charge in [0.05, 0.1) is 15.6 Å². The zero-order chi connectivity index (χ0) is 31.6. The number of thiazole rings is 1. The number of nitrogens with zero attached hydrogens (tertiary/aromatic N) is 4. The van der Waals surface area contributed by atoms with Crippen LogP contribution < -0.4 is 0 Å². The van der Waals surface area contributed by atoms with E-state index < -0.39 is 0 Å². The molecule has 0 fully saturated rings.